The van der Waals surface area contributed by atoms with Gasteiger partial charge in [0.15, 0.2) is 23.1 Å². The number of nitrogen functional groups attached to an aromatic ring is 1. The number of nitrogens with zero attached hydrogens (tertiary/aromatic N) is 4. The largest absolute Gasteiger partial charge is 0.493 e. The molecule has 0 saturated heterocycles. The lowest BCUT2D eigenvalue weighted by Crippen LogP contribution is -2.17. The quantitative estimate of drug-likeness (QED) is 0.132. The zero-order valence-electron chi connectivity index (χ0n) is 23.0. The minimum absolute atomic E-state index is 0.0298. The normalized spacial score (nSPS) is 11.1. The van der Waals surface area contributed by atoms with Crippen LogP contribution in [-0.2, 0) is 16.0 Å². The van der Waals surface area contributed by atoms with Gasteiger partial charge in [0, 0.05) is 37.0 Å². The van der Waals surface area contributed by atoms with E-state index in [9.17, 15) is 4.79 Å². The van der Waals surface area contributed by atoms with Gasteiger partial charge >= 0.3 is 5.69 Å². The van der Waals surface area contributed by atoms with Gasteiger partial charge in [0.25, 0.3) is 5.97 Å². The molecule has 2 heterocycles. The highest BCUT2D eigenvalue weighted by atomic mass is 16.5. The highest BCUT2D eigenvalue weighted by molar-refractivity contribution is 5.95. The third kappa shape index (κ3) is 7.89. The van der Waals surface area contributed by atoms with Crippen molar-refractivity contribution in [1.29, 1.82) is 5.41 Å². The standard InChI is InChI=1S/C25H28N8O4.C2H4O2/c1-35-12-10-16-13-17(14-19(36-2)22(16)37-3)21(29-18-8-6-15(7-9-18)23(26)27)24-30-25(34)33(32-24)20-5-4-11-28-31-20;1-2(3)4/h4-9,11,13-14,21,29H,10,12H2,1-3H3,(H3,26,27)(H,30,32,34);1H3,(H,3,4). The van der Waals surface area contributed by atoms with E-state index in [1.807, 2.05) is 12.1 Å². The summed E-state index contributed by atoms with van der Waals surface area (Å²) in [5.74, 6) is 0.897. The van der Waals surface area contributed by atoms with Gasteiger partial charge in [0.1, 0.15) is 11.9 Å². The number of anilines is 1. The molecule has 0 fully saturated rings. The molecule has 0 aliphatic rings. The van der Waals surface area contributed by atoms with Crippen molar-refractivity contribution in [3.8, 4) is 17.3 Å². The number of rotatable bonds is 11. The zero-order valence-corrected chi connectivity index (χ0v) is 23.0. The number of aromatic amines is 1. The van der Waals surface area contributed by atoms with Crippen LogP contribution in [-0.4, -0.2) is 69.8 Å². The average molecular weight is 565 g/mol. The highest BCUT2D eigenvalue weighted by Gasteiger charge is 2.24. The number of methoxy groups -OCH3 is 3. The Morgan fingerprint density at radius 1 is 1.17 bits per heavy atom. The number of hydrogen-bond donors (Lipinski definition) is 5. The minimum atomic E-state index is -0.833. The van der Waals surface area contributed by atoms with E-state index in [1.54, 1.807) is 57.7 Å². The van der Waals surface area contributed by atoms with Crippen LogP contribution < -0.4 is 26.2 Å². The lowest BCUT2D eigenvalue weighted by Gasteiger charge is -2.22. The molecule has 4 aromatic rings. The molecule has 0 radical (unpaired) electrons. The van der Waals surface area contributed by atoms with Crippen LogP contribution in [0.3, 0.4) is 0 Å². The molecular formula is C27H32N8O6. The number of carboxylic acids is 1. The number of aliphatic carboxylic acids is 1. The molecule has 6 N–H and O–H groups in total. The summed E-state index contributed by atoms with van der Waals surface area (Å²) >= 11 is 0. The summed E-state index contributed by atoms with van der Waals surface area (Å²) in [4.78, 5) is 24.7. The molecule has 0 bridgehead atoms. The molecule has 0 amide bonds. The number of aromatic nitrogens is 5. The fourth-order valence-corrected chi connectivity index (χ4v) is 3.89. The Labute approximate surface area is 235 Å². The van der Waals surface area contributed by atoms with Gasteiger partial charge in [-0.3, -0.25) is 15.2 Å². The summed E-state index contributed by atoms with van der Waals surface area (Å²) in [6.45, 7) is 1.56. The molecule has 0 saturated carbocycles. The van der Waals surface area contributed by atoms with Gasteiger partial charge in [-0.2, -0.15) is 9.78 Å². The van der Waals surface area contributed by atoms with Gasteiger partial charge < -0.3 is 30.4 Å². The highest BCUT2D eigenvalue weighted by Crippen LogP contribution is 2.37. The van der Waals surface area contributed by atoms with Crippen LogP contribution in [0, 0.1) is 5.41 Å². The topological polar surface area (TPSA) is 203 Å². The van der Waals surface area contributed by atoms with Crippen molar-refractivity contribution in [3.05, 3.63) is 87.7 Å². The molecule has 14 heteroatoms. The number of H-pyrrole nitrogens is 1. The van der Waals surface area contributed by atoms with E-state index in [1.165, 1.54) is 6.20 Å². The van der Waals surface area contributed by atoms with Crippen LogP contribution in [0.1, 0.15) is 35.5 Å². The molecule has 0 spiro atoms. The van der Waals surface area contributed by atoms with Crippen molar-refractivity contribution >= 4 is 17.5 Å². The number of hydrogen-bond acceptors (Lipinski definition) is 10. The van der Waals surface area contributed by atoms with Gasteiger partial charge in [-0.15, -0.1) is 10.2 Å². The molecule has 2 aromatic heterocycles. The van der Waals surface area contributed by atoms with Crippen LogP contribution in [0.2, 0.25) is 0 Å². The number of ether oxygens (including phenoxy) is 3. The summed E-state index contributed by atoms with van der Waals surface area (Å²) in [5.41, 5.74) is 8.08. The molecule has 1 unspecified atom stereocenters. The Kier molecular flexibility index (Phi) is 10.5. The molecular weight excluding hydrogens is 532 g/mol. The SMILES string of the molecule is CC(=O)O.COCCc1cc(C(Nc2ccc(C(=N)N)cc2)c2nn(-c3cccnn3)c(=O)[nH]2)cc(OC)c1OC. The first-order chi connectivity index (χ1) is 19.7. The average Bonchev–Trinajstić information content (AvgIpc) is 3.35. The fourth-order valence-electron chi connectivity index (χ4n) is 3.89. The number of benzene rings is 2. The van der Waals surface area contributed by atoms with E-state index in [2.05, 4.69) is 25.6 Å². The first-order valence-electron chi connectivity index (χ1n) is 12.3. The molecule has 1 atom stereocenters. The van der Waals surface area contributed by atoms with Crippen LogP contribution in [0.15, 0.2) is 59.5 Å². The minimum Gasteiger partial charge on any atom is -0.493 e. The van der Waals surface area contributed by atoms with Crippen molar-refractivity contribution < 1.29 is 24.1 Å². The van der Waals surface area contributed by atoms with Gasteiger partial charge in [-0.1, -0.05) is 0 Å². The van der Waals surface area contributed by atoms with Gasteiger partial charge in [0.05, 0.1) is 20.8 Å². The lowest BCUT2D eigenvalue weighted by molar-refractivity contribution is -0.134. The predicted molar refractivity (Wildman–Crippen MR) is 151 cm³/mol. The Morgan fingerprint density at radius 3 is 2.44 bits per heavy atom. The van der Waals surface area contributed by atoms with Gasteiger partial charge in [0.2, 0.25) is 0 Å². The molecule has 2 aromatic carbocycles. The third-order valence-electron chi connectivity index (χ3n) is 5.68. The summed E-state index contributed by atoms with van der Waals surface area (Å²) in [7, 11) is 4.78. The van der Waals surface area contributed by atoms with Crippen molar-refractivity contribution in [1.82, 2.24) is 25.0 Å². The lowest BCUT2D eigenvalue weighted by atomic mass is 9.99. The Balaban J connectivity index is 0.00000108. The smallest absolute Gasteiger partial charge is 0.349 e. The summed E-state index contributed by atoms with van der Waals surface area (Å²) in [6.07, 6.45) is 2.09. The maximum absolute atomic E-state index is 12.8. The number of amidine groups is 1. The summed E-state index contributed by atoms with van der Waals surface area (Å²) in [6, 6.07) is 13.6. The summed E-state index contributed by atoms with van der Waals surface area (Å²) in [5, 5.41) is 30.8. The Bertz CT molecular complexity index is 1520. The maximum atomic E-state index is 12.8. The van der Waals surface area contributed by atoms with Crippen molar-refractivity contribution in [2.24, 2.45) is 5.73 Å². The van der Waals surface area contributed by atoms with E-state index in [0.29, 0.717) is 35.9 Å². The molecule has 14 nitrogen and oxygen atoms in total. The molecule has 216 valence electrons. The monoisotopic (exact) mass is 564 g/mol. The number of nitrogens with two attached hydrogens (primary N) is 1. The van der Waals surface area contributed by atoms with E-state index in [4.69, 9.17) is 35.3 Å². The third-order valence-corrected chi connectivity index (χ3v) is 5.68. The van der Waals surface area contributed by atoms with Crippen molar-refractivity contribution in [2.45, 2.75) is 19.4 Å². The first-order valence-corrected chi connectivity index (χ1v) is 12.3. The second-order valence-corrected chi connectivity index (χ2v) is 8.55. The second-order valence-electron chi connectivity index (χ2n) is 8.55. The van der Waals surface area contributed by atoms with E-state index in [0.717, 1.165) is 28.4 Å². The Hall–Kier alpha value is -5.24. The van der Waals surface area contributed by atoms with Gasteiger partial charge in [-0.05, 0) is 60.5 Å². The Morgan fingerprint density at radius 2 is 1.88 bits per heavy atom. The van der Waals surface area contributed by atoms with Crippen LogP contribution in [0.25, 0.3) is 5.82 Å². The first kappa shape index (κ1) is 30.3. The number of carbonyl (C=O) groups is 1. The zero-order chi connectivity index (χ0) is 29.9. The van der Waals surface area contributed by atoms with E-state index in [-0.39, 0.29) is 11.7 Å². The fraction of sp³-hybridized carbons (Fsp3) is 0.259. The van der Waals surface area contributed by atoms with Crippen molar-refractivity contribution in [2.75, 3.05) is 33.3 Å². The van der Waals surface area contributed by atoms with Crippen LogP contribution in [0.5, 0.6) is 11.5 Å². The van der Waals surface area contributed by atoms with Crippen LogP contribution >= 0.6 is 0 Å². The second kappa shape index (κ2) is 14.2. The molecule has 4 rings (SSSR count). The molecule has 0 aliphatic heterocycles. The summed E-state index contributed by atoms with van der Waals surface area (Å²) < 4.78 is 17.7. The van der Waals surface area contributed by atoms with Crippen LogP contribution in [0.4, 0.5) is 5.69 Å². The number of nitrogens with one attached hydrogen (secondary N) is 3. The van der Waals surface area contributed by atoms with Crippen molar-refractivity contribution in [3.63, 3.8) is 0 Å². The molecule has 0 aliphatic carbocycles. The van der Waals surface area contributed by atoms with Gasteiger partial charge in [-0.25, -0.2) is 4.79 Å². The van der Waals surface area contributed by atoms with E-state index < -0.39 is 17.7 Å². The number of carboxylic acid groups (broad SMARTS) is 1. The van der Waals surface area contributed by atoms with E-state index >= 15 is 0 Å². The predicted octanol–water partition coefficient (Wildman–Crippen LogP) is 2.13. The molecule has 41 heavy (non-hydrogen) atoms. The maximum Gasteiger partial charge on any atom is 0.349 e.